The predicted octanol–water partition coefficient (Wildman–Crippen LogP) is 7.58. The maximum absolute atomic E-state index is 12.7. The van der Waals surface area contributed by atoms with E-state index < -0.39 is 0 Å². The molecule has 1 fully saturated rings. The monoisotopic (exact) mass is 606 g/mol. The molecule has 0 N–H and O–H groups in total. The minimum atomic E-state index is -0.159. The quantitative estimate of drug-likeness (QED) is 0.0730. The molecule has 45 heavy (non-hydrogen) atoms. The predicted molar refractivity (Wildman–Crippen MR) is 184 cm³/mol. The highest BCUT2D eigenvalue weighted by molar-refractivity contribution is 6.21. The molecule has 2 aliphatic heterocycles. The first kappa shape index (κ1) is 32.8. The molecule has 0 aliphatic carbocycles. The highest BCUT2D eigenvalue weighted by Gasteiger charge is 2.45. The van der Waals surface area contributed by atoms with Crippen molar-refractivity contribution in [3.63, 3.8) is 0 Å². The fourth-order valence-electron chi connectivity index (χ4n) is 7.78. The number of carbonyl (C=O) groups excluding carboxylic acids is 2. The zero-order chi connectivity index (χ0) is 31.9. The number of carbonyl (C=O) groups is 2. The Bertz CT molecular complexity index is 1370. The summed E-state index contributed by atoms with van der Waals surface area (Å²) >= 11 is 0. The standard InChI is InChI=1S/C40H52N3O2/c1-32(2)40(33-19-11-9-12-20-33,34-21-13-10-14-22-34)35-25-27-41(31-35)26-17-7-5-6-8-18-29-43(3,4)30-28-42-38(44)36-23-15-16-24-37(36)39(42)45/h9-16,19-24,35H,1,5-8,17-18,25-31H2,2-4H3/q+1. The number of benzene rings is 3. The Morgan fingerprint density at radius 1 is 0.733 bits per heavy atom. The number of unbranched alkanes of at least 4 members (excludes halogenated alkanes) is 5. The van der Waals surface area contributed by atoms with Gasteiger partial charge in [0.05, 0.1) is 44.9 Å². The van der Waals surface area contributed by atoms with Gasteiger partial charge in [-0.15, -0.1) is 0 Å². The Labute approximate surface area is 271 Å². The van der Waals surface area contributed by atoms with E-state index in [1.54, 1.807) is 12.1 Å². The molecule has 5 nitrogen and oxygen atoms in total. The number of rotatable bonds is 16. The third-order valence-electron chi connectivity index (χ3n) is 10.3. The minimum absolute atomic E-state index is 0.150. The summed E-state index contributed by atoms with van der Waals surface area (Å²) in [6.45, 7) is 12.6. The number of likely N-dealkylation sites (N-methyl/N-ethyl adjacent to an activating group) is 1. The number of nitrogens with zero attached hydrogens (tertiary/aromatic N) is 3. The highest BCUT2D eigenvalue weighted by Crippen LogP contribution is 2.48. The molecule has 1 unspecified atom stereocenters. The highest BCUT2D eigenvalue weighted by atomic mass is 16.2. The molecule has 3 aromatic carbocycles. The Kier molecular flexibility index (Phi) is 10.7. The molecule has 5 heteroatoms. The van der Waals surface area contributed by atoms with Gasteiger partial charge in [-0.2, -0.15) is 0 Å². The SMILES string of the molecule is C=C(C)C(c1ccccc1)(c1ccccc1)C1CCN(CCCCCCCC[N+](C)(C)CCN2C(=O)c3ccccc3C2=O)C1. The van der Waals surface area contributed by atoms with Gasteiger partial charge >= 0.3 is 0 Å². The fraction of sp³-hybridized carbons (Fsp3) is 0.450. The second kappa shape index (κ2) is 14.7. The number of imide groups is 1. The largest absolute Gasteiger partial charge is 0.327 e. The molecule has 238 valence electrons. The smallest absolute Gasteiger partial charge is 0.261 e. The number of quaternary nitrogens is 1. The van der Waals surface area contributed by atoms with Crippen LogP contribution < -0.4 is 0 Å². The second-order valence-electron chi connectivity index (χ2n) is 13.9. The zero-order valence-electron chi connectivity index (χ0n) is 27.7. The third-order valence-corrected chi connectivity index (χ3v) is 10.3. The van der Waals surface area contributed by atoms with E-state index in [0.717, 1.165) is 30.7 Å². The van der Waals surface area contributed by atoms with E-state index in [0.29, 0.717) is 23.6 Å². The van der Waals surface area contributed by atoms with Gasteiger partial charge < -0.3 is 9.38 Å². The first-order valence-corrected chi connectivity index (χ1v) is 17.0. The summed E-state index contributed by atoms with van der Waals surface area (Å²) in [7, 11) is 4.42. The maximum atomic E-state index is 12.7. The van der Waals surface area contributed by atoms with Crippen LogP contribution in [0.3, 0.4) is 0 Å². The summed E-state index contributed by atoms with van der Waals surface area (Å²) in [6, 6.07) is 29.2. The van der Waals surface area contributed by atoms with Crippen LogP contribution in [0.15, 0.2) is 97.1 Å². The van der Waals surface area contributed by atoms with Crippen LogP contribution in [0.5, 0.6) is 0 Å². The van der Waals surface area contributed by atoms with Crippen molar-refractivity contribution in [3.05, 3.63) is 119 Å². The minimum Gasteiger partial charge on any atom is -0.327 e. The van der Waals surface area contributed by atoms with Gasteiger partial charge in [-0.3, -0.25) is 14.5 Å². The Hall–Kier alpha value is -3.54. The Morgan fingerprint density at radius 2 is 1.24 bits per heavy atom. The zero-order valence-corrected chi connectivity index (χ0v) is 27.7. The molecule has 2 aliphatic rings. The Balaban J connectivity index is 1.01. The maximum Gasteiger partial charge on any atom is 0.261 e. The van der Waals surface area contributed by atoms with Gasteiger partial charge in [0.2, 0.25) is 0 Å². The lowest BCUT2D eigenvalue weighted by molar-refractivity contribution is -0.889. The molecular weight excluding hydrogens is 554 g/mol. The molecule has 0 radical (unpaired) electrons. The van der Waals surface area contributed by atoms with Crippen molar-refractivity contribution < 1.29 is 14.1 Å². The molecule has 0 spiro atoms. The molecule has 5 rings (SSSR count). The summed E-state index contributed by atoms with van der Waals surface area (Å²) in [6.07, 6.45) is 8.68. The molecule has 0 bridgehead atoms. The van der Waals surface area contributed by atoms with E-state index >= 15 is 0 Å². The lowest BCUT2D eigenvalue weighted by atomic mass is 9.62. The fourth-order valence-corrected chi connectivity index (χ4v) is 7.78. The number of fused-ring (bicyclic) bond motifs is 1. The van der Waals surface area contributed by atoms with Crippen LogP contribution in [0.1, 0.15) is 83.7 Å². The van der Waals surface area contributed by atoms with Crippen LogP contribution in [-0.4, -0.2) is 79.5 Å². The van der Waals surface area contributed by atoms with Crippen molar-refractivity contribution in [3.8, 4) is 0 Å². The lowest BCUT2D eigenvalue weighted by Crippen LogP contribution is -2.47. The second-order valence-corrected chi connectivity index (χ2v) is 13.9. The van der Waals surface area contributed by atoms with Crippen LogP contribution in [0.25, 0.3) is 0 Å². The van der Waals surface area contributed by atoms with E-state index in [-0.39, 0.29) is 17.2 Å². The summed E-state index contributed by atoms with van der Waals surface area (Å²) in [5.41, 5.74) is 4.88. The molecular formula is C40H52N3O2+. The topological polar surface area (TPSA) is 40.6 Å². The van der Waals surface area contributed by atoms with Gasteiger partial charge in [0, 0.05) is 12.0 Å². The summed E-state index contributed by atoms with van der Waals surface area (Å²) in [5, 5.41) is 0. The molecule has 1 saturated heterocycles. The van der Waals surface area contributed by atoms with Crippen LogP contribution in [0.4, 0.5) is 0 Å². The van der Waals surface area contributed by atoms with Gasteiger partial charge in [0.25, 0.3) is 11.8 Å². The number of hydrogen-bond donors (Lipinski definition) is 0. The van der Waals surface area contributed by atoms with Crippen LogP contribution in [0.2, 0.25) is 0 Å². The summed E-state index contributed by atoms with van der Waals surface area (Å²) in [4.78, 5) is 29.5. The van der Waals surface area contributed by atoms with Crippen LogP contribution in [-0.2, 0) is 5.41 Å². The lowest BCUT2D eigenvalue weighted by Gasteiger charge is -2.41. The van der Waals surface area contributed by atoms with Gasteiger partial charge in [-0.05, 0) is 74.9 Å². The summed E-state index contributed by atoms with van der Waals surface area (Å²) in [5.74, 6) is 0.212. The van der Waals surface area contributed by atoms with Crippen molar-refractivity contribution in [1.29, 1.82) is 0 Å². The average molecular weight is 607 g/mol. The van der Waals surface area contributed by atoms with Gasteiger partial charge in [-0.1, -0.05) is 104 Å². The molecule has 1 atom stereocenters. The first-order chi connectivity index (χ1) is 21.7. The number of amides is 2. The number of allylic oxidation sites excluding steroid dienone is 1. The number of likely N-dealkylation sites (tertiary alicyclic amines) is 1. The van der Waals surface area contributed by atoms with Crippen molar-refractivity contribution in [2.45, 2.75) is 57.3 Å². The number of hydrogen-bond acceptors (Lipinski definition) is 3. The molecule has 0 saturated carbocycles. The van der Waals surface area contributed by atoms with Crippen LogP contribution >= 0.6 is 0 Å². The van der Waals surface area contributed by atoms with E-state index in [1.165, 1.54) is 73.1 Å². The van der Waals surface area contributed by atoms with E-state index in [4.69, 9.17) is 0 Å². The molecule has 2 amide bonds. The van der Waals surface area contributed by atoms with Gasteiger partial charge in [0.1, 0.15) is 0 Å². The molecule has 3 aromatic rings. The van der Waals surface area contributed by atoms with Crippen molar-refractivity contribution in [2.24, 2.45) is 5.92 Å². The third kappa shape index (κ3) is 7.31. The van der Waals surface area contributed by atoms with Crippen molar-refractivity contribution in [2.75, 3.05) is 53.4 Å². The molecule has 0 aromatic heterocycles. The van der Waals surface area contributed by atoms with E-state index in [9.17, 15) is 9.59 Å². The Morgan fingerprint density at radius 3 is 1.80 bits per heavy atom. The van der Waals surface area contributed by atoms with Crippen molar-refractivity contribution >= 4 is 11.8 Å². The van der Waals surface area contributed by atoms with E-state index in [2.05, 4.69) is 93.2 Å². The normalized spacial score (nSPS) is 17.2. The van der Waals surface area contributed by atoms with Crippen molar-refractivity contribution in [1.82, 2.24) is 9.80 Å². The first-order valence-electron chi connectivity index (χ1n) is 17.0. The van der Waals surface area contributed by atoms with E-state index in [1.807, 2.05) is 12.1 Å². The summed E-state index contributed by atoms with van der Waals surface area (Å²) < 4.78 is 0.821. The van der Waals surface area contributed by atoms with Gasteiger partial charge in [0.15, 0.2) is 0 Å². The van der Waals surface area contributed by atoms with Gasteiger partial charge in [-0.25, -0.2) is 0 Å². The van der Waals surface area contributed by atoms with Crippen LogP contribution in [0, 0.1) is 5.92 Å². The average Bonchev–Trinajstić information content (AvgIpc) is 3.61. The molecule has 2 heterocycles.